The van der Waals surface area contributed by atoms with Crippen LogP contribution in [0.1, 0.15) is 27.2 Å². The third-order valence-electron chi connectivity index (χ3n) is 2.89. The summed E-state index contributed by atoms with van der Waals surface area (Å²) in [7, 11) is 2.98. The fraction of sp³-hybridized carbons (Fsp3) is 0.727. The molecule has 0 aromatic carbocycles. The molecule has 0 aliphatic rings. The lowest BCUT2D eigenvalue weighted by Crippen LogP contribution is -2.41. The SMILES string of the molecule is CCC(Nc1nn(C)c(=O)n(C)c1=O)C(C)C. The van der Waals surface area contributed by atoms with E-state index in [2.05, 4.69) is 24.3 Å². The molecule has 1 aromatic heterocycles. The Morgan fingerprint density at radius 2 is 1.88 bits per heavy atom. The molecular weight excluding hydrogens is 220 g/mol. The molecule has 0 amide bonds. The van der Waals surface area contributed by atoms with Gasteiger partial charge in [0, 0.05) is 20.1 Å². The summed E-state index contributed by atoms with van der Waals surface area (Å²) >= 11 is 0. The lowest BCUT2D eigenvalue weighted by Gasteiger charge is -2.21. The van der Waals surface area contributed by atoms with Gasteiger partial charge in [0.05, 0.1) is 0 Å². The molecular formula is C11H20N4O2. The monoisotopic (exact) mass is 240 g/mol. The van der Waals surface area contributed by atoms with E-state index < -0.39 is 5.69 Å². The van der Waals surface area contributed by atoms with Crippen LogP contribution in [0.25, 0.3) is 0 Å². The third-order valence-corrected chi connectivity index (χ3v) is 2.89. The second-order valence-electron chi connectivity index (χ2n) is 4.52. The number of nitrogens with zero attached hydrogens (tertiary/aromatic N) is 3. The van der Waals surface area contributed by atoms with E-state index in [0.29, 0.717) is 5.92 Å². The van der Waals surface area contributed by atoms with E-state index in [-0.39, 0.29) is 17.4 Å². The molecule has 1 rings (SSSR count). The van der Waals surface area contributed by atoms with E-state index in [1.165, 1.54) is 14.1 Å². The second kappa shape index (κ2) is 5.16. The number of aromatic nitrogens is 3. The highest BCUT2D eigenvalue weighted by Gasteiger charge is 2.15. The predicted molar refractivity (Wildman–Crippen MR) is 67.3 cm³/mol. The summed E-state index contributed by atoms with van der Waals surface area (Å²) in [5.74, 6) is 0.624. The van der Waals surface area contributed by atoms with E-state index in [1.807, 2.05) is 6.92 Å². The van der Waals surface area contributed by atoms with Gasteiger partial charge in [-0.25, -0.2) is 9.48 Å². The van der Waals surface area contributed by atoms with Crippen molar-refractivity contribution in [3.63, 3.8) is 0 Å². The number of nitrogens with one attached hydrogen (secondary N) is 1. The predicted octanol–water partition coefficient (Wildman–Crippen LogP) is 0.325. The molecule has 0 saturated heterocycles. The van der Waals surface area contributed by atoms with Gasteiger partial charge in [-0.2, -0.15) is 0 Å². The van der Waals surface area contributed by atoms with E-state index in [1.54, 1.807) is 0 Å². The topological polar surface area (TPSA) is 68.9 Å². The molecule has 96 valence electrons. The van der Waals surface area contributed by atoms with Gasteiger partial charge in [-0.15, -0.1) is 5.10 Å². The van der Waals surface area contributed by atoms with Crippen molar-refractivity contribution in [2.75, 3.05) is 5.32 Å². The van der Waals surface area contributed by atoms with Crippen LogP contribution in [0.2, 0.25) is 0 Å². The van der Waals surface area contributed by atoms with Crippen LogP contribution < -0.4 is 16.6 Å². The van der Waals surface area contributed by atoms with Crippen LogP contribution in [0.4, 0.5) is 5.82 Å². The summed E-state index contributed by atoms with van der Waals surface area (Å²) in [5.41, 5.74) is -0.801. The molecule has 1 atom stereocenters. The molecule has 0 aliphatic heterocycles. The molecule has 0 radical (unpaired) electrons. The van der Waals surface area contributed by atoms with Crippen LogP contribution in [0, 0.1) is 5.92 Å². The summed E-state index contributed by atoms with van der Waals surface area (Å²) in [6.07, 6.45) is 0.894. The Balaban J connectivity index is 3.16. The number of anilines is 1. The Bertz CT molecular complexity index is 501. The van der Waals surface area contributed by atoms with Crippen molar-refractivity contribution in [2.45, 2.75) is 33.2 Å². The minimum absolute atomic E-state index is 0.174. The highest BCUT2D eigenvalue weighted by Crippen LogP contribution is 2.09. The molecule has 0 spiro atoms. The molecule has 1 aromatic rings. The number of hydrogen-bond donors (Lipinski definition) is 1. The summed E-state index contributed by atoms with van der Waals surface area (Å²) in [5, 5.41) is 7.06. The first-order valence-corrected chi connectivity index (χ1v) is 5.79. The molecule has 0 fully saturated rings. The smallest absolute Gasteiger partial charge is 0.346 e. The third kappa shape index (κ3) is 2.75. The van der Waals surface area contributed by atoms with Gasteiger partial charge in [-0.1, -0.05) is 20.8 Å². The quantitative estimate of drug-likeness (QED) is 0.823. The summed E-state index contributed by atoms with van der Waals surface area (Å²) in [6.45, 7) is 6.20. The van der Waals surface area contributed by atoms with E-state index >= 15 is 0 Å². The van der Waals surface area contributed by atoms with Crippen molar-refractivity contribution in [1.29, 1.82) is 0 Å². The van der Waals surface area contributed by atoms with Gasteiger partial charge in [0.15, 0.2) is 0 Å². The first kappa shape index (κ1) is 13.5. The minimum Gasteiger partial charge on any atom is -0.361 e. The van der Waals surface area contributed by atoms with Crippen LogP contribution in [0.3, 0.4) is 0 Å². The van der Waals surface area contributed by atoms with Gasteiger partial charge in [-0.3, -0.25) is 9.36 Å². The van der Waals surface area contributed by atoms with E-state index in [9.17, 15) is 9.59 Å². The zero-order valence-corrected chi connectivity index (χ0v) is 11.0. The zero-order valence-electron chi connectivity index (χ0n) is 11.0. The molecule has 1 heterocycles. The Labute approximate surface area is 100 Å². The van der Waals surface area contributed by atoms with Gasteiger partial charge in [0.25, 0.3) is 5.56 Å². The number of rotatable bonds is 4. The van der Waals surface area contributed by atoms with Gasteiger partial charge >= 0.3 is 5.69 Å². The van der Waals surface area contributed by atoms with Crippen LogP contribution in [0.5, 0.6) is 0 Å². The lowest BCUT2D eigenvalue weighted by atomic mass is 10.0. The van der Waals surface area contributed by atoms with Crippen LogP contribution in [-0.2, 0) is 14.1 Å². The average molecular weight is 240 g/mol. The molecule has 0 bridgehead atoms. The van der Waals surface area contributed by atoms with Crippen molar-refractivity contribution in [2.24, 2.45) is 20.0 Å². The lowest BCUT2D eigenvalue weighted by molar-refractivity contribution is 0.502. The van der Waals surface area contributed by atoms with Gasteiger partial charge < -0.3 is 5.32 Å². The van der Waals surface area contributed by atoms with Crippen molar-refractivity contribution < 1.29 is 0 Å². The van der Waals surface area contributed by atoms with Gasteiger partial charge in [-0.05, 0) is 12.3 Å². The summed E-state index contributed by atoms with van der Waals surface area (Å²) in [6, 6.07) is 0.174. The number of aryl methyl sites for hydroxylation is 1. The van der Waals surface area contributed by atoms with Crippen LogP contribution >= 0.6 is 0 Å². The maximum atomic E-state index is 11.8. The maximum absolute atomic E-state index is 11.8. The normalized spacial score (nSPS) is 12.8. The van der Waals surface area contributed by atoms with Gasteiger partial charge in [0.1, 0.15) is 0 Å². The molecule has 1 unspecified atom stereocenters. The Morgan fingerprint density at radius 1 is 1.29 bits per heavy atom. The van der Waals surface area contributed by atoms with E-state index in [0.717, 1.165) is 15.7 Å². The molecule has 0 aliphatic carbocycles. The highest BCUT2D eigenvalue weighted by molar-refractivity contribution is 5.31. The maximum Gasteiger partial charge on any atom is 0.346 e. The highest BCUT2D eigenvalue weighted by atomic mass is 16.2. The molecule has 1 N–H and O–H groups in total. The Morgan fingerprint density at radius 3 is 2.35 bits per heavy atom. The first-order chi connectivity index (χ1) is 7.88. The van der Waals surface area contributed by atoms with Gasteiger partial charge in [0.2, 0.25) is 5.82 Å². The zero-order chi connectivity index (χ0) is 13.2. The van der Waals surface area contributed by atoms with Crippen molar-refractivity contribution >= 4 is 5.82 Å². The fourth-order valence-electron chi connectivity index (χ4n) is 1.70. The van der Waals surface area contributed by atoms with Crippen molar-refractivity contribution in [3.05, 3.63) is 20.8 Å². The largest absolute Gasteiger partial charge is 0.361 e. The van der Waals surface area contributed by atoms with Crippen molar-refractivity contribution in [3.8, 4) is 0 Å². The number of hydrogen-bond acceptors (Lipinski definition) is 4. The van der Waals surface area contributed by atoms with Crippen molar-refractivity contribution in [1.82, 2.24) is 14.3 Å². The summed E-state index contributed by atoms with van der Waals surface area (Å²) in [4.78, 5) is 23.3. The fourth-order valence-corrected chi connectivity index (χ4v) is 1.70. The molecule has 6 heteroatoms. The standard InChI is InChI=1S/C11H20N4O2/c1-6-8(7(2)3)12-9-10(16)14(4)11(17)15(5)13-9/h7-8H,6H2,1-5H3,(H,12,13). The first-order valence-electron chi connectivity index (χ1n) is 5.79. The second-order valence-corrected chi connectivity index (χ2v) is 4.52. The average Bonchev–Trinajstić information content (AvgIpc) is 2.29. The Hall–Kier alpha value is -1.59. The Kier molecular flexibility index (Phi) is 4.09. The van der Waals surface area contributed by atoms with Crippen LogP contribution in [-0.4, -0.2) is 20.4 Å². The molecule has 17 heavy (non-hydrogen) atoms. The van der Waals surface area contributed by atoms with E-state index in [4.69, 9.17) is 0 Å². The molecule has 0 saturated carbocycles. The van der Waals surface area contributed by atoms with Crippen LogP contribution in [0.15, 0.2) is 9.59 Å². The molecule has 6 nitrogen and oxygen atoms in total. The summed E-state index contributed by atoms with van der Waals surface area (Å²) < 4.78 is 2.22. The minimum atomic E-state index is -0.418.